The van der Waals surface area contributed by atoms with Crippen LogP contribution >= 0.6 is 15.9 Å². The summed E-state index contributed by atoms with van der Waals surface area (Å²) < 4.78 is 1.03. The Morgan fingerprint density at radius 2 is 2.18 bits per heavy atom. The van der Waals surface area contributed by atoms with Gasteiger partial charge in [0.2, 0.25) is 5.91 Å². The van der Waals surface area contributed by atoms with Gasteiger partial charge in [0.25, 0.3) is 0 Å². The van der Waals surface area contributed by atoms with Gasteiger partial charge in [-0.1, -0.05) is 40.2 Å². The highest BCUT2D eigenvalue weighted by Gasteiger charge is 2.07. The molecule has 0 fully saturated rings. The summed E-state index contributed by atoms with van der Waals surface area (Å²) in [4.78, 5) is 11.3. The largest absolute Gasteiger partial charge is 0.366 e. The second-order valence-electron chi connectivity index (χ2n) is 3.75. The molecule has 0 spiro atoms. The number of carbonyl (C=O) groups excluding carboxylic acids is 1. The van der Waals surface area contributed by atoms with Crippen LogP contribution in [0.25, 0.3) is 0 Å². The Kier molecular flexibility index (Phi) is 3.59. The van der Waals surface area contributed by atoms with Crippen molar-refractivity contribution in [3.05, 3.63) is 69.7 Å². The monoisotopic (exact) mass is 288 g/mol. The van der Waals surface area contributed by atoms with Crippen molar-refractivity contribution in [2.75, 3.05) is 0 Å². The molecule has 0 aliphatic rings. The number of nitrogens with two attached hydrogens (primary N) is 1. The minimum atomic E-state index is -0.410. The van der Waals surface area contributed by atoms with Gasteiger partial charge in [-0.15, -0.1) is 0 Å². The predicted molar refractivity (Wildman–Crippen MR) is 70.7 cm³/mol. The molecular weight excluding hydrogens is 278 g/mol. The van der Waals surface area contributed by atoms with Gasteiger partial charge >= 0.3 is 0 Å². The summed E-state index contributed by atoms with van der Waals surface area (Å²) in [6.07, 6.45) is 0.687. The number of primary amides is 1. The first kappa shape index (κ1) is 11.9. The van der Waals surface area contributed by atoms with Gasteiger partial charge in [0.15, 0.2) is 0 Å². The highest BCUT2D eigenvalue weighted by Crippen LogP contribution is 2.17. The SMILES string of the molecule is NC(=O)c1c[c]ccc1Cc1cccc(Br)c1. The molecule has 1 radical (unpaired) electrons. The molecule has 85 valence electrons. The van der Waals surface area contributed by atoms with Crippen molar-refractivity contribution >= 4 is 21.8 Å². The molecule has 0 saturated carbocycles. The van der Waals surface area contributed by atoms with E-state index in [2.05, 4.69) is 22.0 Å². The summed E-state index contributed by atoms with van der Waals surface area (Å²) in [5, 5.41) is 0. The van der Waals surface area contributed by atoms with Crippen LogP contribution in [0.15, 0.2) is 46.9 Å². The van der Waals surface area contributed by atoms with Crippen LogP contribution < -0.4 is 5.73 Å². The minimum Gasteiger partial charge on any atom is -0.366 e. The number of benzene rings is 2. The number of hydrogen-bond acceptors (Lipinski definition) is 1. The third kappa shape index (κ3) is 2.94. The van der Waals surface area contributed by atoms with Crippen LogP contribution in [0.1, 0.15) is 21.5 Å². The van der Waals surface area contributed by atoms with Crippen molar-refractivity contribution in [1.29, 1.82) is 0 Å². The number of halogens is 1. The van der Waals surface area contributed by atoms with E-state index in [9.17, 15) is 4.79 Å². The fraction of sp³-hybridized carbons (Fsp3) is 0.0714. The molecular formula is C14H11BrNO. The number of hydrogen-bond donors (Lipinski definition) is 1. The summed E-state index contributed by atoms with van der Waals surface area (Å²) in [6.45, 7) is 0. The van der Waals surface area contributed by atoms with Gasteiger partial charge in [-0.05, 0) is 41.8 Å². The van der Waals surface area contributed by atoms with Crippen molar-refractivity contribution in [2.45, 2.75) is 6.42 Å². The van der Waals surface area contributed by atoms with Gasteiger partial charge in [0, 0.05) is 10.0 Å². The van der Waals surface area contributed by atoms with E-state index < -0.39 is 5.91 Å². The van der Waals surface area contributed by atoms with E-state index >= 15 is 0 Å². The molecule has 0 unspecified atom stereocenters. The lowest BCUT2D eigenvalue weighted by Crippen LogP contribution is -2.13. The van der Waals surface area contributed by atoms with E-state index in [0.717, 1.165) is 15.6 Å². The van der Waals surface area contributed by atoms with Crippen molar-refractivity contribution < 1.29 is 4.79 Å². The first-order valence-electron chi connectivity index (χ1n) is 5.20. The van der Waals surface area contributed by atoms with E-state index in [4.69, 9.17) is 5.73 Å². The maximum Gasteiger partial charge on any atom is 0.249 e. The van der Waals surface area contributed by atoms with E-state index in [0.29, 0.717) is 12.0 Å². The average Bonchev–Trinajstić information content (AvgIpc) is 2.29. The van der Waals surface area contributed by atoms with Crippen molar-refractivity contribution in [3.8, 4) is 0 Å². The van der Waals surface area contributed by atoms with Crippen molar-refractivity contribution in [1.82, 2.24) is 0 Å². The molecule has 0 aliphatic heterocycles. The average molecular weight is 289 g/mol. The molecule has 2 N–H and O–H groups in total. The zero-order valence-electron chi connectivity index (χ0n) is 9.11. The van der Waals surface area contributed by atoms with E-state index in [-0.39, 0.29) is 0 Å². The van der Waals surface area contributed by atoms with Gasteiger partial charge < -0.3 is 5.73 Å². The van der Waals surface area contributed by atoms with E-state index in [1.807, 2.05) is 30.3 Å². The van der Waals surface area contributed by atoms with Crippen LogP contribution in [0.4, 0.5) is 0 Å². The van der Waals surface area contributed by atoms with Crippen molar-refractivity contribution in [2.24, 2.45) is 5.73 Å². The number of rotatable bonds is 3. The van der Waals surface area contributed by atoms with Gasteiger partial charge in [-0.2, -0.15) is 0 Å². The Balaban J connectivity index is 2.33. The fourth-order valence-corrected chi connectivity index (χ4v) is 2.16. The van der Waals surface area contributed by atoms with Crippen LogP contribution in [0.2, 0.25) is 0 Å². The molecule has 2 aromatic rings. The lowest BCUT2D eigenvalue weighted by Gasteiger charge is -2.06. The number of carbonyl (C=O) groups is 1. The quantitative estimate of drug-likeness (QED) is 0.927. The molecule has 0 bridgehead atoms. The molecule has 3 heteroatoms. The summed E-state index contributed by atoms with van der Waals surface area (Å²) in [7, 11) is 0. The Hall–Kier alpha value is -1.61. The first-order valence-corrected chi connectivity index (χ1v) is 5.99. The first-order chi connectivity index (χ1) is 8.16. The molecule has 2 nitrogen and oxygen atoms in total. The molecule has 0 atom stereocenters. The Bertz CT molecular complexity index is 551. The Morgan fingerprint density at radius 3 is 2.88 bits per heavy atom. The summed E-state index contributed by atoms with van der Waals surface area (Å²) >= 11 is 3.43. The van der Waals surface area contributed by atoms with Crippen LogP contribution in [-0.4, -0.2) is 5.91 Å². The second kappa shape index (κ2) is 5.15. The lowest BCUT2D eigenvalue weighted by molar-refractivity contribution is 0.0999. The van der Waals surface area contributed by atoms with Crippen LogP contribution in [0.5, 0.6) is 0 Å². The Labute approximate surface area is 109 Å². The summed E-state index contributed by atoms with van der Waals surface area (Å²) in [6, 6.07) is 16.2. The molecule has 1 amide bonds. The zero-order valence-corrected chi connectivity index (χ0v) is 10.7. The highest BCUT2D eigenvalue weighted by atomic mass is 79.9. The normalized spacial score (nSPS) is 10.2. The zero-order chi connectivity index (χ0) is 12.3. The smallest absolute Gasteiger partial charge is 0.249 e. The van der Waals surface area contributed by atoms with Crippen LogP contribution in [0, 0.1) is 6.07 Å². The van der Waals surface area contributed by atoms with Gasteiger partial charge in [-0.25, -0.2) is 0 Å². The molecule has 2 rings (SSSR count). The van der Waals surface area contributed by atoms with Gasteiger partial charge in [-0.3, -0.25) is 4.79 Å². The summed E-state index contributed by atoms with van der Waals surface area (Å²) in [5.41, 5.74) is 7.92. The third-order valence-corrected chi connectivity index (χ3v) is 3.00. The third-order valence-electron chi connectivity index (χ3n) is 2.50. The Morgan fingerprint density at radius 1 is 1.35 bits per heavy atom. The minimum absolute atomic E-state index is 0.410. The number of amides is 1. The van der Waals surface area contributed by atoms with Gasteiger partial charge in [0.1, 0.15) is 0 Å². The molecule has 0 heterocycles. The predicted octanol–water partition coefficient (Wildman–Crippen LogP) is 2.94. The molecule has 2 aromatic carbocycles. The van der Waals surface area contributed by atoms with Gasteiger partial charge in [0.05, 0.1) is 0 Å². The maximum atomic E-state index is 11.3. The summed E-state index contributed by atoms with van der Waals surface area (Å²) in [5.74, 6) is -0.410. The van der Waals surface area contributed by atoms with Crippen LogP contribution in [-0.2, 0) is 6.42 Å². The fourth-order valence-electron chi connectivity index (χ4n) is 1.71. The van der Waals surface area contributed by atoms with Crippen molar-refractivity contribution in [3.63, 3.8) is 0 Å². The second-order valence-corrected chi connectivity index (χ2v) is 4.67. The van der Waals surface area contributed by atoms with E-state index in [1.165, 1.54) is 0 Å². The molecule has 17 heavy (non-hydrogen) atoms. The lowest BCUT2D eigenvalue weighted by atomic mass is 9.99. The molecule has 0 saturated heterocycles. The van der Waals surface area contributed by atoms with E-state index in [1.54, 1.807) is 12.1 Å². The molecule has 0 aromatic heterocycles. The maximum absolute atomic E-state index is 11.3. The standard InChI is InChI=1S/C14H11BrNO/c15-12-6-3-4-10(9-12)8-11-5-1-2-7-13(11)14(16)17/h1,3-7,9H,8H2,(H2,16,17). The highest BCUT2D eigenvalue weighted by molar-refractivity contribution is 9.10. The van der Waals surface area contributed by atoms with Crippen LogP contribution in [0.3, 0.4) is 0 Å². The topological polar surface area (TPSA) is 43.1 Å². The molecule has 0 aliphatic carbocycles.